The standard InChI is InChI=1S/C25H36O4/c1-16(2)23(26)28-10-9-17(3)24(27)29-25(20-7-5-4-6-8-20)21-12-18-11-19(14-21)15-22(25)13-18/h18-22H,1,3-15H2,2H3. The summed E-state index contributed by atoms with van der Waals surface area (Å²) in [4.78, 5) is 24.7. The molecular formula is C25H36O4. The molecule has 0 unspecified atom stereocenters. The van der Waals surface area contributed by atoms with Gasteiger partial charge in [0, 0.05) is 17.6 Å². The molecular weight excluding hydrogens is 364 g/mol. The number of esters is 2. The zero-order valence-electron chi connectivity index (χ0n) is 17.9. The van der Waals surface area contributed by atoms with Crippen molar-refractivity contribution < 1.29 is 19.1 Å². The smallest absolute Gasteiger partial charge is 0.334 e. The van der Waals surface area contributed by atoms with Crippen molar-refractivity contribution in [2.45, 2.75) is 83.2 Å². The van der Waals surface area contributed by atoms with Crippen molar-refractivity contribution in [2.75, 3.05) is 6.61 Å². The quantitative estimate of drug-likeness (QED) is 0.426. The first-order valence-corrected chi connectivity index (χ1v) is 11.6. The van der Waals surface area contributed by atoms with Crippen LogP contribution in [0, 0.1) is 29.6 Å². The normalized spacial score (nSPS) is 35.9. The fraction of sp³-hybridized carbons (Fsp3) is 0.760. The molecule has 0 saturated heterocycles. The predicted octanol–water partition coefficient (Wildman–Crippen LogP) is 5.37. The van der Waals surface area contributed by atoms with E-state index in [9.17, 15) is 9.59 Å². The summed E-state index contributed by atoms with van der Waals surface area (Å²) in [5.74, 6) is 2.56. The van der Waals surface area contributed by atoms with E-state index in [4.69, 9.17) is 9.47 Å². The van der Waals surface area contributed by atoms with E-state index in [2.05, 4.69) is 13.2 Å². The molecule has 5 aliphatic carbocycles. The Balaban J connectivity index is 1.46. The molecule has 0 heterocycles. The predicted molar refractivity (Wildman–Crippen MR) is 112 cm³/mol. The summed E-state index contributed by atoms with van der Waals surface area (Å²) in [6.07, 6.45) is 12.9. The third-order valence-electron chi connectivity index (χ3n) is 8.20. The maximum Gasteiger partial charge on any atom is 0.334 e. The van der Waals surface area contributed by atoms with Crippen LogP contribution in [0.3, 0.4) is 0 Å². The molecule has 4 nitrogen and oxygen atoms in total. The van der Waals surface area contributed by atoms with E-state index in [0.29, 0.717) is 35.3 Å². The van der Waals surface area contributed by atoms with E-state index in [1.165, 1.54) is 64.2 Å². The van der Waals surface area contributed by atoms with Gasteiger partial charge in [-0.05, 0) is 81.5 Å². The van der Waals surface area contributed by atoms with Crippen LogP contribution in [-0.4, -0.2) is 24.1 Å². The summed E-state index contributed by atoms with van der Waals surface area (Å²) in [6, 6.07) is 0. The maximum absolute atomic E-state index is 13.1. The molecule has 5 fully saturated rings. The second-order valence-corrected chi connectivity index (χ2v) is 10.2. The van der Waals surface area contributed by atoms with E-state index >= 15 is 0 Å². The highest BCUT2D eigenvalue weighted by Gasteiger charge is 2.62. The first-order valence-electron chi connectivity index (χ1n) is 11.6. The van der Waals surface area contributed by atoms with Gasteiger partial charge >= 0.3 is 11.9 Å². The first kappa shape index (κ1) is 20.7. The van der Waals surface area contributed by atoms with Gasteiger partial charge in [0.15, 0.2) is 0 Å². The molecule has 0 radical (unpaired) electrons. The third-order valence-corrected chi connectivity index (χ3v) is 8.20. The largest absolute Gasteiger partial charge is 0.462 e. The van der Waals surface area contributed by atoms with Crippen LogP contribution < -0.4 is 0 Å². The Hall–Kier alpha value is -1.58. The highest BCUT2D eigenvalue weighted by molar-refractivity contribution is 5.89. The minimum Gasteiger partial charge on any atom is -0.462 e. The average molecular weight is 401 g/mol. The average Bonchev–Trinajstić information content (AvgIpc) is 2.70. The lowest BCUT2D eigenvalue weighted by Gasteiger charge is -2.63. The van der Waals surface area contributed by atoms with Gasteiger partial charge in [-0.15, -0.1) is 0 Å². The molecule has 4 bridgehead atoms. The summed E-state index contributed by atoms with van der Waals surface area (Å²) < 4.78 is 11.7. The van der Waals surface area contributed by atoms with E-state index < -0.39 is 5.97 Å². The Morgan fingerprint density at radius 2 is 1.45 bits per heavy atom. The molecule has 160 valence electrons. The Morgan fingerprint density at radius 1 is 0.862 bits per heavy atom. The summed E-state index contributed by atoms with van der Waals surface area (Å²) in [5.41, 5.74) is 0.508. The molecule has 0 aromatic heterocycles. The molecule has 5 rings (SSSR count). The Bertz CT molecular complexity index is 651. The monoisotopic (exact) mass is 400 g/mol. The summed E-state index contributed by atoms with van der Waals surface area (Å²) in [5, 5.41) is 0. The number of ether oxygens (including phenoxy) is 2. The Labute approximate surface area is 175 Å². The van der Waals surface area contributed by atoms with Crippen LogP contribution in [-0.2, 0) is 19.1 Å². The third kappa shape index (κ3) is 3.92. The van der Waals surface area contributed by atoms with E-state index in [-0.39, 0.29) is 18.2 Å². The first-order chi connectivity index (χ1) is 13.9. The van der Waals surface area contributed by atoms with Gasteiger partial charge in [0.05, 0.1) is 6.61 Å². The highest BCUT2D eigenvalue weighted by atomic mass is 16.6. The van der Waals surface area contributed by atoms with Gasteiger partial charge in [-0.3, -0.25) is 0 Å². The molecule has 0 aromatic carbocycles. The van der Waals surface area contributed by atoms with Gasteiger partial charge < -0.3 is 9.47 Å². The Kier molecular flexibility index (Phi) is 5.90. The fourth-order valence-corrected chi connectivity index (χ4v) is 7.12. The lowest BCUT2D eigenvalue weighted by molar-refractivity contribution is -0.229. The van der Waals surface area contributed by atoms with Crippen LogP contribution in [0.1, 0.15) is 77.6 Å². The minimum atomic E-state index is -0.425. The van der Waals surface area contributed by atoms with Gasteiger partial charge in [-0.25, -0.2) is 9.59 Å². The van der Waals surface area contributed by atoms with Crippen molar-refractivity contribution in [1.29, 1.82) is 0 Å². The van der Waals surface area contributed by atoms with E-state index in [1.54, 1.807) is 6.92 Å². The molecule has 29 heavy (non-hydrogen) atoms. The lowest BCUT2D eigenvalue weighted by atomic mass is 9.46. The van der Waals surface area contributed by atoms with Crippen molar-refractivity contribution >= 4 is 11.9 Å². The van der Waals surface area contributed by atoms with E-state index in [1.807, 2.05) is 0 Å². The van der Waals surface area contributed by atoms with Gasteiger partial charge in [0.2, 0.25) is 0 Å². The topological polar surface area (TPSA) is 52.6 Å². The van der Waals surface area contributed by atoms with Crippen LogP contribution in [0.5, 0.6) is 0 Å². The molecule has 0 spiro atoms. The van der Waals surface area contributed by atoms with Gasteiger partial charge in [-0.2, -0.15) is 0 Å². The number of hydrogen-bond acceptors (Lipinski definition) is 4. The SMILES string of the molecule is C=C(C)C(=O)OCCC(=C)C(=O)OC1(C2CCCCC2)C2CC3CC(C2)CC1C3. The number of carbonyl (C=O) groups excluding carboxylic acids is 2. The highest BCUT2D eigenvalue weighted by Crippen LogP contribution is 2.63. The van der Waals surface area contributed by atoms with Crippen LogP contribution in [0.4, 0.5) is 0 Å². The molecule has 0 aromatic rings. The second kappa shape index (κ2) is 8.28. The maximum atomic E-state index is 13.1. The molecule has 5 saturated carbocycles. The van der Waals surface area contributed by atoms with Crippen LogP contribution in [0.15, 0.2) is 24.3 Å². The number of rotatable bonds is 7. The fourth-order valence-electron chi connectivity index (χ4n) is 7.12. The minimum absolute atomic E-state index is 0.146. The molecule has 0 atom stereocenters. The Morgan fingerprint density at radius 3 is 2.00 bits per heavy atom. The van der Waals surface area contributed by atoms with Gasteiger partial charge in [0.1, 0.15) is 5.60 Å². The van der Waals surface area contributed by atoms with Gasteiger partial charge in [-0.1, -0.05) is 32.4 Å². The summed E-state index contributed by atoms with van der Waals surface area (Å²) in [6.45, 7) is 9.31. The molecule has 0 aliphatic heterocycles. The second-order valence-electron chi connectivity index (χ2n) is 10.2. The van der Waals surface area contributed by atoms with Crippen molar-refractivity contribution in [3.05, 3.63) is 24.3 Å². The van der Waals surface area contributed by atoms with Crippen LogP contribution in [0.25, 0.3) is 0 Å². The lowest BCUT2D eigenvalue weighted by Crippen LogP contribution is -2.63. The van der Waals surface area contributed by atoms with Crippen LogP contribution in [0.2, 0.25) is 0 Å². The zero-order chi connectivity index (χ0) is 20.6. The number of carbonyl (C=O) groups is 2. The van der Waals surface area contributed by atoms with Crippen molar-refractivity contribution in [3.63, 3.8) is 0 Å². The molecule has 0 amide bonds. The molecule has 4 heteroatoms. The zero-order valence-corrected chi connectivity index (χ0v) is 17.9. The van der Waals surface area contributed by atoms with Crippen molar-refractivity contribution in [1.82, 2.24) is 0 Å². The van der Waals surface area contributed by atoms with Crippen LogP contribution >= 0.6 is 0 Å². The van der Waals surface area contributed by atoms with Crippen molar-refractivity contribution in [2.24, 2.45) is 29.6 Å². The molecule has 5 aliphatic rings. The summed E-state index contributed by atoms with van der Waals surface area (Å²) >= 11 is 0. The van der Waals surface area contributed by atoms with Gasteiger partial charge in [0.25, 0.3) is 0 Å². The molecule has 0 N–H and O–H groups in total. The summed E-state index contributed by atoms with van der Waals surface area (Å²) in [7, 11) is 0. The number of hydrogen-bond donors (Lipinski definition) is 0. The van der Waals surface area contributed by atoms with Crippen molar-refractivity contribution in [3.8, 4) is 0 Å². The van der Waals surface area contributed by atoms with E-state index in [0.717, 1.165) is 11.8 Å².